The van der Waals surface area contributed by atoms with Crippen LogP contribution in [-0.2, 0) is 4.79 Å². The lowest BCUT2D eigenvalue weighted by Crippen LogP contribution is -2.59. The van der Waals surface area contributed by atoms with Crippen LogP contribution in [0.3, 0.4) is 0 Å². The van der Waals surface area contributed by atoms with E-state index in [0.717, 1.165) is 42.9 Å². The van der Waals surface area contributed by atoms with Gasteiger partial charge in [-0.3, -0.25) is 4.79 Å². The number of rotatable bonds is 6. The zero-order chi connectivity index (χ0) is 22.7. The van der Waals surface area contributed by atoms with E-state index in [0.29, 0.717) is 23.1 Å². The maximum atomic E-state index is 12.9. The summed E-state index contributed by atoms with van der Waals surface area (Å²) in [6.45, 7) is 4.86. The molecule has 2 saturated heterocycles. The molecular formula is C24H30Cl2N4O2. The second-order valence-electron chi connectivity index (χ2n) is 8.55. The number of nitrogens with one attached hydrogen (secondary N) is 2. The van der Waals surface area contributed by atoms with Crippen LogP contribution in [0.2, 0.25) is 10.0 Å². The highest BCUT2D eigenvalue weighted by Crippen LogP contribution is 2.30. The van der Waals surface area contributed by atoms with Crippen molar-refractivity contribution in [2.75, 3.05) is 43.0 Å². The van der Waals surface area contributed by atoms with Crippen LogP contribution in [0.25, 0.3) is 0 Å². The largest absolute Gasteiger partial charge is 0.394 e. The molecule has 172 valence electrons. The first-order valence-corrected chi connectivity index (χ1v) is 11.9. The van der Waals surface area contributed by atoms with Gasteiger partial charge in [-0.15, -0.1) is 0 Å². The van der Waals surface area contributed by atoms with Crippen LogP contribution in [0.1, 0.15) is 31.4 Å². The van der Waals surface area contributed by atoms with Crippen molar-refractivity contribution >= 4 is 40.5 Å². The molecule has 4 rings (SSSR count). The average Bonchev–Trinajstić information content (AvgIpc) is 3.33. The molecule has 0 radical (unpaired) electrons. The molecule has 6 nitrogen and oxygen atoms in total. The Morgan fingerprint density at radius 2 is 2.09 bits per heavy atom. The molecule has 8 heteroatoms. The number of amides is 1. The third kappa shape index (κ3) is 5.15. The number of halogens is 2. The van der Waals surface area contributed by atoms with E-state index in [2.05, 4.69) is 34.6 Å². The number of benzene rings is 2. The molecule has 0 saturated carbocycles. The number of anilines is 2. The van der Waals surface area contributed by atoms with Gasteiger partial charge in [0.2, 0.25) is 5.91 Å². The lowest BCUT2D eigenvalue weighted by Gasteiger charge is -2.42. The molecule has 2 aromatic carbocycles. The van der Waals surface area contributed by atoms with E-state index < -0.39 is 0 Å². The topological polar surface area (TPSA) is 67.8 Å². The molecule has 2 fully saturated rings. The number of piperazine rings is 1. The summed E-state index contributed by atoms with van der Waals surface area (Å²) in [5.74, 6) is 0.116. The van der Waals surface area contributed by atoms with E-state index >= 15 is 0 Å². The first-order valence-electron chi connectivity index (χ1n) is 11.2. The number of hydrogen-bond acceptors (Lipinski definition) is 5. The minimum atomic E-state index is -0.206. The van der Waals surface area contributed by atoms with Crippen molar-refractivity contribution < 1.29 is 9.90 Å². The first kappa shape index (κ1) is 23.2. The van der Waals surface area contributed by atoms with E-state index in [1.165, 1.54) is 0 Å². The van der Waals surface area contributed by atoms with Crippen LogP contribution in [0.15, 0.2) is 42.5 Å². The number of hydrogen-bond donors (Lipinski definition) is 3. The Kier molecular flexibility index (Phi) is 7.46. The molecule has 0 aliphatic carbocycles. The third-order valence-electron chi connectivity index (χ3n) is 6.36. The summed E-state index contributed by atoms with van der Waals surface area (Å²) in [6, 6.07) is 13.4. The standard InChI is InChI=1S/C24H30Cl2N4O2/c1-16(21-8-7-17(25)12-22(21)26)28-18-4-2-5-19(13-18)29-10-11-30(20(14-29)15-31)24(32)23-6-3-9-27-23/h2,4-5,7-8,12-13,16,20,23,27-28,31H,3,6,9-11,14-15H2,1H3/t16-,20+,23-/m1/s1. The Morgan fingerprint density at radius 3 is 2.81 bits per heavy atom. The summed E-state index contributed by atoms with van der Waals surface area (Å²) in [4.78, 5) is 17.0. The van der Waals surface area contributed by atoms with Crippen LogP contribution in [0.4, 0.5) is 11.4 Å². The molecule has 2 heterocycles. The molecule has 0 spiro atoms. The predicted molar refractivity (Wildman–Crippen MR) is 131 cm³/mol. The number of nitrogens with zero attached hydrogens (tertiary/aromatic N) is 2. The van der Waals surface area contributed by atoms with Gasteiger partial charge in [-0.1, -0.05) is 35.3 Å². The van der Waals surface area contributed by atoms with Crippen LogP contribution in [0.5, 0.6) is 0 Å². The highest BCUT2D eigenvalue weighted by atomic mass is 35.5. The fraction of sp³-hybridized carbons (Fsp3) is 0.458. The molecule has 2 aliphatic heterocycles. The fourth-order valence-electron chi connectivity index (χ4n) is 4.60. The first-order chi connectivity index (χ1) is 15.5. The Balaban J connectivity index is 1.43. The molecule has 2 aliphatic rings. The van der Waals surface area contributed by atoms with Gasteiger partial charge in [0.1, 0.15) is 0 Å². The van der Waals surface area contributed by atoms with Gasteiger partial charge in [-0.05, 0) is 62.2 Å². The molecule has 0 bridgehead atoms. The lowest BCUT2D eigenvalue weighted by atomic mass is 10.1. The van der Waals surface area contributed by atoms with Crippen molar-refractivity contribution in [3.63, 3.8) is 0 Å². The van der Waals surface area contributed by atoms with Crippen molar-refractivity contribution in [2.24, 2.45) is 0 Å². The Morgan fingerprint density at radius 1 is 1.25 bits per heavy atom. The van der Waals surface area contributed by atoms with Crippen molar-refractivity contribution in [3.8, 4) is 0 Å². The van der Waals surface area contributed by atoms with Gasteiger partial charge in [-0.2, -0.15) is 0 Å². The maximum absolute atomic E-state index is 12.9. The minimum Gasteiger partial charge on any atom is -0.394 e. The van der Waals surface area contributed by atoms with Crippen molar-refractivity contribution in [3.05, 3.63) is 58.1 Å². The minimum absolute atomic E-state index is 0.00795. The molecule has 1 amide bonds. The number of aliphatic hydroxyl groups is 1. The SMILES string of the molecule is C[C@@H](Nc1cccc(N2CCN(C(=O)[C@H]3CCCN3)[C@H](CO)C2)c1)c1ccc(Cl)cc1Cl. The van der Waals surface area contributed by atoms with Gasteiger partial charge in [0.25, 0.3) is 0 Å². The highest BCUT2D eigenvalue weighted by Gasteiger charge is 2.34. The fourth-order valence-corrected chi connectivity index (χ4v) is 5.18. The zero-order valence-corrected chi connectivity index (χ0v) is 19.7. The summed E-state index contributed by atoms with van der Waals surface area (Å²) < 4.78 is 0. The maximum Gasteiger partial charge on any atom is 0.240 e. The van der Waals surface area contributed by atoms with Crippen molar-refractivity contribution in [1.82, 2.24) is 10.2 Å². The van der Waals surface area contributed by atoms with Gasteiger partial charge in [0.05, 0.1) is 18.7 Å². The smallest absolute Gasteiger partial charge is 0.240 e. The molecule has 2 aromatic rings. The lowest BCUT2D eigenvalue weighted by molar-refractivity contribution is -0.136. The van der Waals surface area contributed by atoms with E-state index in [9.17, 15) is 9.90 Å². The normalized spacial score (nSPS) is 22.1. The molecular weight excluding hydrogens is 447 g/mol. The summed E-state index contributed by atoms with van der Waals surface area (Å²) in [5, 5.41) is 18.0. The van der Waals surface area contributed by atoms with Crippen LogP contribution < -0.4 is 15.5 Å². The van der Waals surface area contributed by atoms with E-state index in [1.54, 1.807) is 6.07 Å². The third-order valence-corrected chi connectivity index (χ3v) is 6.92. The second-order valence-corrected chi connectivity index (χ2v) is 9.39. The van der Waals surface area contributed by atoms with Crippen LogP contribution in [0, 0.1) is 0 Å². The second kappa shape index (κ2) is 10.3. The van der Waals surface area contributed by atoms with E-state index in [4.69, 9.17) is 23.2 Å². The molecule has 0 unspecified atom stereocenters. The van der Waals surface area contributed by atoms with E-state index in [-0.39, 0.29) is 30.6 Å². The summed E-state index contributed by atoms with van der Waals surface area (Å²) >= 11 is 12.4. The van der Waals surface area contributed by atoms with Gasteiger partial charge < -0.3 is 25.5 Å². The molecule has 0 aromatic heterocycles. The number of aliphatic hydroxyl groups excluding tert-OH is 1. The quantitative estimate of drug-likeness (QED) is 0.589. The van der Waals surface area contributed by atoms with Crippen molar-refractivity contribution in [2.45, 2.75) is 37.9 Å². The molecule has 3 atom stereocenters. The predicted octanol–water partition coefficient (Wildman–Crippen LogP) is 3.93. The number of carbonyl (C=O) groups excluding carboxylic acids is 1. The zero-order valence-electron chi connectivity index (χ0n) is 18.2. The van der Waals surface area contributed by atoms with Gasteiger partial charge in [0, 0.05) is 47.1 Å². The van der Waals surface area contributed by atoms with Gasteiger partial charge in [0.15, 0.2) is 0 Å². The Bertz CT molecular complexity index is 951. The summed E-state index contributed by atoms with van der Waals surface area (Å²) in [7, 11) is 0. The summed E-state index contributed by atoms with van der Waals surface area (Å²) in [6.07, 6.45) is 1.90. The van der Waals surface area contributed by atoms with Crippen molar-refractivity contribution in [1.29, 1.82) is 0 Å². The number of carbonyl (C=O) groups is 1. The van der Waals surface area contributed by atoms with Crippen LogP contribution >= 0.6 is 23.2 Å². The molecule has 32 heavy (non-hydrogen) atoms. The Labute approximate surface area is 199 Å². The summed E-state index contributed by atoms with van der Waals surface area (Å²) in [5.41, 5.74) is 3.03. The highest BCUT2D eigenvalue weighted by molar-refractivity contribution is 6.35. The average molecular weight is 477 g/mol. The van der Waals surface area contributed by atoms with E-state index in [1.807, 2.05) is 29.2 Å². The van der Waals surface area contributed by atoms with Gasteiger partial charge >= 0.3 is 0 Å². The monoisotopic (exact) mass is 476 g/mol. The van der Waals surface area contributed by atoms with Crippen LogP contribution in [-0.4, -0.2) is 60.8 Å². The Hall–Kier alpha value is -1.99. The van der Waals surface area contributed by atoms with Gasteiger partial charge in [-0.25, -0.2) is 0 Å². The molecule has 3 N–H and O–H groups in total.